The number of carbonyl (C=O) groups excluding carboxylic acids is 1. The van der Waals surface area contributed by atoms with Gasteiger partial charge in [0, 0.05) is 36.2 Å². The van der Waals surface area contributed by atoms with Crippen LogP contribution in [0.25, 0.3) is 10.9 Å². The fourth-order valence-electron chi connectivity index (χ4n) is 5.77. The number of rotatable bonds is 4. The van der Waals surface area contributed by atoms with Crippen molar-refractivity contribution in [2.24, 2.45) is 23.5 Å². The zero-order valence-corrected chi connectivity index (χ0v) is 17.3. The second-order valence-corrected chi connectivity index (χ2v) is 9.01. The molecule has 0 spiro atoms. The van der Waals surface area contributed by atoms with Crippen LogP contribution in [0.4, 0.5) is 8.78 Å². The normalized spacial score (nSPS) is 27.2. The van der Waals surface area contributed by atoms with Crippen LogP contribution in [0.2, 0.25) is 0 Å². The fraction of sp³-hybridized carbons (Fsp3) is 0.609. The molecular formula is C23H29F2N3O2. The third kappa shape index (κ3) is 3.74. The predicted molar refractivity (Wildman–Crippen MR) is 112 cm³/mol. The van der Waals surface area contributed by atoms with Crippen LogP contribution in [-0.4, -0.2) is 21.8 Å². The molecule has 2 fully saturated rings. The Labute approximate surface area is 174 Å². The lowest BCUT2D eigenvalue weighted by Crippen LogP contribution is -2.42. The lowest BCUT2D eigenvalue weighted by atomic mass is 9.62. The van der Waals surface area contributed by atoms with Crippen molar-refractivity contribution < 1.29 is 13.6 Å². The minimum Gasteiger partial charge on any atom is -0.364 e. The number of primary amides is 1. The lowest BCUT2D eigenvalue weighted by Gasteiger charge is -2.45. The summed E-state index contributed by atoms with van der Waals surface area (Å²) in [6.07, 6.45) is 7.73. The molecule has 1 unspecified atom stereocenters. The van der Waals surface area contributed by atoms with E-state index in [1.165, 1.54) is 18.7 Å². The van der Waals surface area contributed by atoms with Gasteiger partial charge in [-0.15, -0.1) is 0 Å². The Bertz CT molecular complexity index is 998. The number of H-pyrrole nitrogens is 1. The molecule has 2 aliphatic carbocycles. The number of hydrogen-bond acceptors (Lipinski definition) is 3. The first-order valence-corrected chi connectivity index (χ1v) is 11.0. The van der Waals surface area contributed by atoms with Crippen LogP contribution in [0.5, 0.6) is 0 Å². The summed E-state index contributed by atoms with van der Waals surface area (Å²) < 4.78 is 29.9. The van der Waals surface area contributed by atoms with Crippen LogP contribution in [0.15, 0.2) is 23.1 Å². The van der Waals surface area contributed by atoms with Crippen LogP contribution >= 0.6 is 0 Å². The van der Waals surface area contributed by atoms with Crippen molar-refractivity contribution in [3.05, 3.63) is 39.9 Å². The fourth-order valence-corrected chi connectivity index (χ4v) is 5.77. The maximum absolute atomic E-state index is 15.0. The standard InChI is InChI=1S/C23H29F2N3O2/c1-2-14-10-15(13-6-4-3-5-7-13)16(12-23(14,24)25)18-11-19(29)20-17(28-18)8-9-27-21(20)22(26)30/h8-9,11,13-16H,2-7,10,12H2,1H3,(H2,26,30)(H,28,29)/t14?,15-,16+/m1/s1. The summed E-state index contributed by atoms with van der Waals surface area (Å²) in [6.45, 7) is 1.84. The van der Waals surface area contributed by atoms with Gasteiger partial charge in [-0.25, -0.2) is 8.78 Å². The van der Waals surface area contributed by atoms with E-state index in [0.29, 0.717) is 30.0 Å². The average molecular weight is 418 g/mol. The second kappa shape index (κ2) is 8.08. The Kier molecular flexibility index (Phi) is 5.64. The topological polar surface area (TPSA) is 88.8 Å². The molecule has 2 heterocycles. The number of pyridine rings is 2. The first-order valence-electron chi connectivity index (χ1n) is 11.0. The van der Waals surface area contributed by atoms with Crippen molar-refractivity contribution in [1.29, 1.82) is 0 Å². The van der Waals surface area contributed by atoms with Gasteiger partial charge in [0.15, 0.2) is 5.43 Å². The minimum absolute atomic E-state index is 0.0934. The number of halogens is 2. The zero-order valence-electron chi connectivity index (χ0n) is 17.3. The molecular weight excluding hydrogens is 388 g/mol. The molecule has 4 rings (SSSR count). The molecule has 2 saturated carbocycles. The summed E-state index contributed by atoms with van der Waals surface area (Å²) in [7, 11) is 0. The Morgan fingerprint density at radius 3 is 2.70 bits per heavy atom. The summed E-state index contributed by atoms with van der Waals surface area (Å²) in [5.41, 5.74) is 5.83. The van der Waals surface area contributed by atoms with Crippen LogP contribution in [0.3, 0.4) is 0 Å². The van der Waals surface area contributed by atoms with Gasteiger partial charge in [-0.2, -0.15) is 0 Å². The minimum atomic E-state index is -2.76. The van der Waals surface area contributed by atoms with Crippen LogP contribution in [-0.2, 0) is 0 Å². The van der Waals surface area contributed by atoms with E-state index in [9.17, 15) is 18.4 Å². The van der Waals surface area contributed by atoms with Crippen molar-refractivity contribution in [1.82, 2.24) is 9.97 Å². The van der Waals surface area contributed by atoms with E-state index in [2.05, 4.69) is 9.97 Å². The molecule has 0 aliphatic heterocycles. The van der Waals surface area contributed by atoms with E-state index < -0.39 is 29.1 Å². The Morgan fingerprint density at radius 2 is 2.03 bits per heavy atom. The van der Waals surface area contributed by atoms with Gasteiger partial charge < -0.3 is 10.7 Å². The Hall–Kier alpha value is -2.31. The van der Waals surface area contributed by atoms with E-state index in [-0.39, 0.29) is 23.4 Å². The molecule has 2 aromatic rings. The van der Waals surface area contributed by atoms with E-state index in [0.717, 1.165) is 25.7 Å². The molecule has 2 aromatic heterocycles. The molecule has 7 heteroatoms. The molecule has 30 heavy (non-hydrogen) atoms. The first kappa shape index (κ1) is 20.9. The summed E-state index contributed by atoms with van der Waals surface area (Å²) in [5.74, 6) is -4.03. The third-order valence-electron chi connectivity index (χ3n) is 7.31. The number of aromatic nitrogens is 2. The van der Waals surface area contributed by atoms with Crippen molar-refractivity contribution in [3.8, 4) is 0 Å². The van der Waals surface area contributed by atoms with Crippen LogP contribution < -0.4 is 11.2 Å². The third-order valence-corrected chi connectivity index (χ3v) is 7.31. The number of hydrogen-bond donors (Lipinski definition) is 2. The summed E-state index contributed by atoms with van der Waals surface area (Å²) >= 11 is 0. The molecule has 2 aliphatic rings. The summed E-state index contributed by atoms with van der Waals surface area (Å²) in [5, 5.41) is 0.122. The van der Waals surface area contributed by atoms with Crippen molar-refractivity contribution in [3.63, 3.8) is 0 Å². The smallest absolute Gasteiger partial charge is 0.268 e. The number of carbonyl (C=O) groups is 1. The van der Waals surface area contributed by atoms with Crippen LogP contribution in [0.1, 0.15) is 80.4 Å². The second-order valence-electron chi connectivity index (χ2n) is 9.01. The number of fused-ring (bicyclic) bond motifs is 1. The highest BCUT2D eigenvalue weighted by Gasteiger charge is 2.50. The number of aromatic amines is 1. The highest BCUT2D eigenvalue weighted by atomic mass is 19.3. The monoisotopic (exact) mass is 417 g/mol. The van der Waals surface area contributed by atoms with Gasteiger partial charge in [-0.3, -0.25) is 14.6 Å². The van der Waals surface area contributed by atoms with Crippen LogP contribution in [0, 0.1) is 17.8 Å². The number of nitrogens with one attached hydrogen (secondary N) is 1. The van der Waals surface area contributed by atoms with Gasteiger partial charge in [0.25, 0.3) is 11.8 Å². The molecule has 3 atom stereocenters. The lowest BCUT2D eigenvalue weighted by molar-refractivity contribution is -0.115. The quantitative estimate of drug-likeness (QED) is 0.752. The van der Waals surface area contributed by atoms with Crippen molar-refractivity contribution in [2.45, 2.75) is 70.1 Å². The Morgan fingerprint density at radius 1 is 1.30 bits per heavy atom. The maximum atomic E-state index is 15.0. The SMILES string of the molecule is CCC1C[C@H](C2CCCCC2)[C@@H](c2cc(=O)c3c(C(N)=O)nccc3[nH]2)CC1(F)F. The number of nitrogens with zero attached hydrogens (tertiary/aromatic N) is 1. The molecule has 0 aromatic carbocycles. The van der Waals surface area contributed by atoms with Gasteiger partial charge in [-0.05, 0) is 30.7 Å². The van der Waals surface area contributed by atoms with Gasteiger partial charge >= 0.3 is 0 Å². The van der Waals surface area contributed by atoms with E-state index in [1.807, 2.05) is 6.92 Å². The number of alkyl halides is 2. The molecule has 0 saturated heterocycles. The summed E-state index contributed by atoms with van der Waals surface area (Å²) in [6, 6.07) is 2.98. The molecule has 0 radical (unpaired) electrons. The number of nitrogens with two attached hydrogens (primary N) is 1. The van der Waals surface area contributed by atoms with Crippen molar-refractivity contribution in [2.75, 3.05) is 0 Å². The van der Waals surface area contributed by atoms with Gasteiger partial charge in [0.2, 0.25) is 0 Å². The predicted octanol–water partition coefficient (Wildman–Crippen LogP) is 4.76. The molecule has 0 bridgehead atoms. The highest BCUT2D eigenvalue weighted by Crippen LogP contribution is 2.53. The van der Waals surface area contributed by atoms with E-state index in [4.69, 9.17) is 5.73 Å². The van der Waals surface area contributed by atoms with Gasteiger partial charge in [-0.1, -0.05) is 39.0 Å². The Balaban J connectivity index is 1.79. The molecule has 5 nitrogen and oxygen atoms in total. The molecule has 1 amide bonds. The van der Waals surface area contributed by atoms with E-state index >= 15 is 0 Å². The maximum Gasteiger partial charge on any atom is 0.268 e. The molecule has 162 valence electrons. The van der Waals surface area contributed by atoms with Crippen molar-refractivity contribution >= 4 is 16.8 Å². The number of amides is 1. The van der Waals surface area contributed by atoms with E-state index in [1.54, 1.807) is 6.07 Å². The average Bonchev–Trinajstić information content (AvgIpc) is 2.73. The van der Waals surface area contributed by atoms with Gasteiger partial charge in [0.1, 0.15) is 5.69 Å². The van der Waals surface area contributed by atoms with Gasteiger partial charge in [0.05, 0.1) is 10.9 Å². The summed E-state index contributed by atoms with van der Waals surface area (Å²) in [4.78, 5) is 31.7. The zero-order chi connectivity index (χ0) is 21.5. The molecule has 3 N–H and O–H groups in total. The first-order chi connectivity index (χ1) is 14.3. The largest absolute Gasteiger partial charge is 0.364 e. The highest BCUT2D eigenvalue weighted by molar-refractivity contribution is 6.03.